The van der Waals surface area contributed by atoms with E-state index in [1.807, 2.05) is 0 Å². The molecular formula is C16H23ClN2O4. The fourth-order valence-corrected chi connectivity index (χ4v) is 2.37. The summed E-state index contributed by atoms with van der Waals surface area (Å²) in [6.07, 6.45) is 0. The second-order valence-corrected chi connectivity index (χ2v) is 5.21. The highest BCUT2D eigenvalue weighted by molar-refractivity contribution is 6.34. The molecule has 7 heteroatoms. The van der Waals surface area contributed by atoms with Crippen LogP contribution in [0.25, 0.3) is 0 Å². The second-order valence-electron chi connectivity index (χ2n) is 4.81. The van der Waals surface area contributed by atoms with E-state index in [-0.39, 0.29) is 27.8 Å². The number of esters is 1. The standard InChI is InChI=1S/C16H23ClN2O4/c1-5-19(6-2)8-7-18-15(20)12-9-13(17)11(16(21)23-4)10-14(12)22-3/h9-10H,5-8H2,1-4H3,(H,18,20). The molecule has 0 bridgehead atoms. The molecule has 0 aliphatic rings. The molecule has 0 radical (unpaired) electrons. The van der Waals surface area contributed by atoms with Gasteiger partial charge in [-0.1, -0.05) is 25.4 Å². The molecule has 0 heterocycles. The Morgan fingerprint density at radius 2 is 1.83 bits per heavy atom. The minimum Gasteiger partial charge on any atom is -0.496 e. The van der Waals surface area contributed by atoms with Gasteiger partial charge in [-0.2, -0.15) is 0 Å². The van der Waals surface area contributed by atoms with Crippen LogP contribution >= 0.6 is 11.6 Å². The van der Waals surface area contributed by atoms with Crippen molar-refractivity contribution in [2.75, 3.05) is 40.4 Å². The zero-order valence-corrected chi connectivity index (χ0v) is 14.7. The van der Waals surface area contributed by atoms with Gasteiger partial charge in [-0.15, -0.1) is 0 Å². The van der Waals surface area contributed by atoms with Crippen molar-refractivity contribution in [1.29, 1.82) is 0 Å². The molecule has 23 heavy (non-hydrogen) atoms. The van der Waals surface area contributed by atoms with Crippen molar-refractivity contribution in [3.63, 3.8) is 0 Å². The van der Waals surface area contributed by atoms with Gasteiger partial charge in [0.2, 0.25) is 0 Å². The van der Waals surface area contributed by atoms with E-state index in [0.29, 0.717) is 6.54 Å². The van der Waals surface area contributed by atoms with E-state index in [9.17, 15) is 9.59 Å². The average molecular weight is 343 g/mol. The first-order chi connectivity index (χ1) is 11.0. The molecule has 1 aromatic carbocycles. The van der Waals surface area contributed by atoms with Crippen molar-refractivity contribution in [1.82, 2.24) is 10.2 Å². The lowest BCUT2D eigenvalue weighted by atomic mass is 10.1. The van der Waals surface area contributed by atoms with Crippen LogP contribution in [0.3, 0.4) is 0 Å². The molecule has 1 N–H and O–H groups in total. The average Bonchev–Trinajstić information content (AvgIpc) is 2.57. The maximum atomic E-state index is 12.3. The zero-order chi connectivity index (χ0) is 17.4. The third-order valence-electron chi connectivity index (χ3n) is 3.55. The van der Waals surface area contributed by atoms with Crippen LogP contribution in [0.1, 0.15) is 34.6 Å². The summed E-state index contributed by atoms with van der Waals surface area (Å²) in [5, 5.41) is 2.97. The number of carbonyl (C=O) groups is 2. The van der Waals surface area contributed by atoms with Gasteiger partial charge >= 0.3 is 5.97 Å². The van der Waals surface area contributed by atoms with Crippen LogP contribution in [-0.2, 0) is 4.74 Å². The molecule has 1 amide bonds. The molecule has 1 aromatic rings. The number of nitrogens with zero attached hydrogens (tertiary/aromatic N) is 1. The smallest absolute Gasteiger partial charge is 0.339 e. The highest BCUT2D eigenvalue weighted by Gasteiger charge is 2.19. The van der Waals surface area contributed by atoms with Crippen LogP contribution < -0.4 is 10.1 Å². The number of nitrogens with one attached hydrogen (secondary N) is 1. The lowest BCUT2D eigenvalue weighted by Gasteiger charge is -2.18. The SMILES string of the molecule is CCN(CC)CCNC(=O)c1cc(Cl)c(C(=O)OC)cc1OC. The lowest BCUT2D eigenvalue weighted by molar-refractivity contribution is 0.0600. The number of ether oxygens (including phenoxy) is 2. The number of likely N-dealkylation sites (N-methyl/N-ethyl adjacent to an activating group) is 1. The van der Waals surface area contributed by atoms with Gasteiger partial charge in [0.25, 0.3) is 5.91 Å². The summed E-state index contributed by atoms with van der Waals surface area (Å²) in [5.74, 6) is -0.607. The van der Waals surface area contributed by atoms with E-state index >= 15 is 0 Å². The van der Waals surface area contributed by atoms with Crippen LogP contribution in [0.15, 0.2) is 12.1 Å². The van der Waals surface area contributed by atoms with Crippen molar-refractivity contribution >= 4 is 23.5 Å². The summed E-state index contributed by atoms with van der Waals surface area (Å²) in [7, 11) is 2.69. The van der Waals surface area contributed by atoms with E-state index in [2.05, 4.69) is 28.8 Å². The number of methoxy groups -OCH3 is 2. The van der Waals surface area contributed by atoms with Crippen molar-refractivity contribution < 1.29 is 19.1 Å². The highest BCUT2D eigenvalue weighted by Crippen LogP contribution is 2.27. The fraction of sp³-hybridized carbons (Fsp3) is 0.500. The number of halogens is 1. The molecule has 0 saturated carbocycles. The maximum Gasteiger partial charge on any atom is 0.339 e. The summed E-state index contributed by atoms with van der Waals surface area (Å²) in [6, 6.07) is 2.83. The van der Waals surface area contributed by atoms with Gasteiger partial charge in [-0.05, 0) is 25.2 Å². The number of hydrogen-bond donors (Lipinski definition) is 1. The van der Waals surface area contributed by atoms with E-state index in [4.69, 9.17) is 16.3 Å². The number of amides is 1. The van der Waals surface area contributed by atoms with Crippen molar-refractivity contribution in [2.24, 2.45) is 0 Å². The fourth-order valence-electron chi connectivity index (χ4n) is 2.13. The van der Waals surface area contributed by atoms with E-state index in [0.717, 1.165) is 19.6 Å². The van der Waals surface area contributed by atoms with E-state index in [1.54, 1.807) is 0 Å². The Kier molecular flexibility index (Phi) is 7.85. The van der Waals surface area contributed by atoms with Gasteiger partial charge in [0.1, 0.15) is 5.75 Å². The van der Waals surface area contributed by atoms with Crippen LogP contribution in [0, 0.1) is 0 Å². The summed E-state index contributed by atoms with van der Waals surface area (Å²) in [5.41, 5.74) is 0.440. The van der Waals surface area contributed by atoms with Crippen LogP contribution in [0.5, 0.6) is 5.75 Å². The minimum absolute atomic E-state index is 0.145. The third-order valence-corrected chi connectivity index (χ3v) is 3.86. The molecule has 0 fully saturated rings. The molecule has 1 rings (SSSR count). The molecular weight excluding hydrogens is 320 g/mol. The van der Waals surface area contributed by atoms with Crippen LogP contribution in [0.4, 0.5) is 0 Å². The number of carbonyl (C=O) groups excluding carboxylic acids is 2. The Hall–Kier alpha value is -1.79. The predicted molar refractivity (Wildman–Crippen MR) is 89.5 cm³/mol. The van der Waals surface area contributed by atoms with Gasteiger partial charge in [-0.3, -0.25) is 4.79 Å². The van der Waals surface area contributed by atoms with Gasteiger partial charge in [0, 0.05) is 13.1 Å². The molecule has 0 saturated heterocycles. The first kappa shape index (κ1) is 19.3. The summed E-state index contributed by atoms with van der Waals surface area (Å²) in [6.45, 7) is 7.26. The number of hydrogen-bond acceptors (Lipinski definition) is 5. The van der Waals surface area contributed by atoms with Gasteiger partial charge in [-0.25, -0.2) is 4.79 Å². The Morgan fingerprint density at radius 3 is 2.35 bits per heavy atom. The first-order valence-corrected chi connectivity index (χ1v) is 7.82. The quantitative estimate of drug-likeness (QED) is 0.734. The second kappa shape index (κ2) is 9.37. The monoisotopic (exact) mass is 342 g/mol. The lowest BCUT2D eigenvalue weighted by Crippen LogP contribution is -2.35. The highest BCUT2D eigenvalue weighted by atomic mass is 35.5. The Balaban J connectivity index is 2.88. The summed E-state index contributed by atoms with van der Waals surface area (Å²) in [4.78, 5) is 26.1. The number of rotatable bonds is 8. The minimum atomic E-state index is -0.582. The van der Waals surface area contributed by atoms with Crippen molar-refractivity contribution in [2.45, 2.75) is 13.8 Å². The zero-order valence-electron chi connectivity index (χ0n) is 13.9. The van der Waals surface area contributed by atoms with Gasteiger partial charge in [0.05, 0.1) is 30.4 Å². The molecule has 0 aromatic heterocycles. The topological polar surface area (TPSA) is 67.9 Å². The molecule has 0 aliphatic carbocycles. The van der Waals surface area contributed by atoms with Gasteiger partial charge in [0.15, 0.2) is 0 Å². The normalized spacial score (nSPS) is 10.5. The molecule has 6 nitrogen and oxygen atoms in total. The van der Waals surface area contributed by atoms with Crippen molar-refractivity contribution in [3.8, 4) is 5.75 Å². The van der Waals surface area contributed by atoms with E-state index < -0.39 is 5.97 Å². The maximum absolute atomic E-state index is 12.3. The van der Waals surface area contributed by atoms with Crippen LogP contribution in [-0.4, -0.2) is 57.2 Å². The first-order valence-electron chi connectivity index (χ1n) is 7.44. The summed E-state index contributed by atoms with van der Waals surface area (Å²) < 4.78 is 9.84. The van der Waals surface area contributed by atoms with Crippen LogP contribution in [0.2, 0.25) is 5.02 Å². The number of benzene rings is 1. The largest absolute Gasteiger partial charge is 0.496 e. The third kappa shape index (κ3) is 5.11. The van der Waals surface area contributed by atoms with Gasteiger partial charge < -0.3 is 19.7 Å². The van der Waals surface area contributed by atoms with E-state index in [1.165, 1.54) is 26.4 Å². The van der Waals surface area contributed by atoms with Crippen molar-refractivity contribution in [3.05, 3.63) is 28.3 Å². The molecule has 0 unspecified atom stereocenters. The molecule has 0 aliphatic heterocycles. The molecule has 128 valence electrons. The molecule has 0 spiro atoms. The molecule has 0 atom stereocenters. The Bertz CT molecular complexity index is 559. The predicted octanol–water partition coefficient (Wildman–Crippen LogP) is 2.21. The summed E-state index contributed by atoms with van der Waals surface area (Å²) >= 11 is 6.06. The Morgan fingerprint density at radius 1 is 1.17 bits per heavy atom. The Labute approximate surface area is 141 Å².